The number of aromatic nitrogens is 6. The van der Waals surface area contributed by atoms with Crippen LogP contribution in [0.5, 0.6) is 5.75 Å². The SMILES string of the molecule is CCc1nncn1CCNC(=NC)NCc1nc(-c2ccc(OC)cc2)n[nH]1.I. The maximum atomic E-state index is 5.17. The molecule has 2 heterocycles. The second-order valence-corrected chi connectivity index (χ2v) is 5.98. The van der Waals surface area contributed by atoms with E-state index in [1.165, 1.54) is 0 Å². The van der Waals surface area contributed by atoms with E-state index in [2.05, 4.69) is 47.9 Å². The molecule has 10 nitrogen and oxygen atoms in total. The fourth-order valence-corrected chi connectivity index (χ4v) is 2.67. The number of benzene rings is 1. The molecule has 11 heteroatoms. The Morgan fingerprint density at radius 3 is 2.72 bits per heavy atom. The Labute approximate surface area is 186 Å². The maximum Gasteiger partial charge on any atom is 0.191 e. The lowest BCUT2D eigenvalue weighted by Gasteiger charge is -2.11. The molecule has 0 amide bonds. The number of aromatic amines is 1. The van der Waals surface area contributed by atoms with Gasteiger partial charge in [-0.15, -0.1) is 34.2 Å². The zero-order chi connectivity index (χ0) is 19.8. The van der Waals surface area contributed by atoms with Gasteiger partial charge in [0.1, 0.15) is 23.7 Å². The summed E-state index contributed by atoms with van der Waals surface area (Å²) in [5.41, 5.74) is 0.923. The van der Waals surface area contributed by atoms with E-state index in [9.17, 15) is 0 Å². The van der Waals surface area contributed by atoms with Crippen LogP contribution in [0.15, 0.2) is 35.6 Å². The number of aryl methyl sites for hydroxylation is 1. The standard InChI is InChI=1S/C18H25N9O.HI/c1-4-16-25-22-12-27(16)10-9-20-18(19-2)21-11-15-23-17(26-24-15)13-5-7-14(28-3)8-6-13;/h5-8,12H,4,9-11H2,1-3H3,(H2,19,20,21)(H,23,24,26);1H. The molecular weight excluding hydrogens is 485 g/mol. The Kier molecular flexibility index (Phi) is 8.83. The molecule has 29 heavy (non-hydrogen) atoms. The number of hydrogen-bond acceptors (Lipinski definition) is 6. The molecule has 0 unspecified atom stereocenters. The lowest BCUT2D eigenvalue weighted by molar-refractivity contribution is 0.415. The Morgan fingerprint density at radius 1 is 1.24 bits per heavy atom. The first-order valence-corrected chi connectivity index (χ1v) is 9.10. The van der Waals surface area contributed by atoms with Gasteiger partial charge in [0, 0.05) is 32.1 Å². The van der Waals surface area contributed by atoms with Gasteiger partial charge in [0.25, 0.3) is 0 Å². The quantitative estimate of drug-likeness (QED) is 0.239. The minimum atomic E-state index is 0. The molecule has 0 aliphatic rings. The third-order valence-electron chi connectivity index (χ3n) is 4.18. The van der Waals surface area contributed by atoms with Crippen molar-refractivity contribution in [3.05, 3.63) is 42.2 Å². The molecule has 0 saturated carbocycles. The van der Waals surface area contributed by atoms with Gasteiger partial charge in [-0.25, -0.2) is 4.98 Å². The minimum absolute atomic E-state index is 0. The number of nitrogens with zero attached hydrogens (tertiary/aromatic N) is 6. The lowest BCUT2D eigenvalue weighted by atomic mass is 10.2. The fraction of sp³-hybridized carbons (Fsp3) is 0.389. The van der Waals surface area contributed by atoms with E-state index >= 15 is 0 Å². The van der Waals surface area contributed by atoms with Crippen molar-refractivity contribution in [2.24, 2.45) is 4.99 Å². The van der Waals surface area contributed by atoms with Crippen molar-refractivity contribution in [1.29, 1.82) is 0 Å². The number of methoxy groups -OCH3 is 1. The summed E-state index contributed by atoms with van der Waals surface area (Å²) in [5, 5.41) is 21.7. The van der Waals surface area contributed by atoms with E-state index in [4.69, 9.17) is 4.74 Å². The first-order chi connectivity index (χ1) is 13.7. The third kappa shape index (κ3) is 6.14. The van der Waals surface area contributed by atoms with Gasteiger partial charge in [-0.3, -0.25) is 10.1 Å². The molecule has 3 rings (SSSR count). The molecule has 3 N–H and O–H groups in total. The third-order valence-corrected chi connectivity index (χ3v) is 4.18. The van der Waals surface area contributed by atoms with Gasteiger partial charge in [-0.1, -0.05) is 6.92 Å². The molecule has 0 fully saturated rings. The summed E-state index contributed by atoms with van der Waals surface area (Å²) in [6.45, 7) is 4.01. The summed E-state index contributed by atoms with van der Waals surface area (Å²) in [6.07, 6.45) is 2.60. The first kappa shape index (κ1) is 22.6. The van der Waals surface area contributed by atoms with Crippen molar-refractivity contribution in [1.82, 2.24) is 40.6 Å². The second kappa shape index (κ2) is 11.3. The van der Waals surface area contributed by atoms with Crippen molar-refractivity contribution in [2.75, 3.05) is 20.7 Å². The van der Waals surface area contributed by atoms with Crippen molar-refractivity contribution in [3.8, 4) is 17.1 Å². The maximum absolute atomic E-state index is 5.17. The predicted molar refractivity (Wildman–Crippen MR) is 121 cm³/mol. The van der Waals surface area contributed by atoms with E-state index in [0.29, 0.717) is 24.9 Å². The molecule has 1 aromatic carbocycles. The Bertz CT molecular complexity index is 904. The van der Waals surface area contributed by atoms with Gasteiger partial charge < -0.3 is 19.9 Å². The first-order valence-electron chi connectivity index (χ1n) is 9.10. The molecule has 0 spiro atoms. The zero-order valence-corrected chi connectivity index (χ0v) is 19.0. The van der Waals surface area contributed by atoms with Gasteiger partial charge in [-0.2, -0.15) is 5.10 Å². The lowest BCUT2D eigenvalue weighted by Crippen LogP contribution is -2.38. The average molecular weight is 511 g/mol. The van der Waals surface area contributed by atoms with Crippen LogP contribution in [0, 0.1) is 0 Å². The Hall–Kier alpha value is -2.70. The summed E-state index contributed by atoms with van der Waals surface area (Å²) in [7, 11) is 3.37. The second-order valence-electron chi connectivity index (χ2n) is 5.98. The summed E-state index contributed by atoms with van der Waals surface area (Å²) in [6, 6.07) is 7.62. The Balaban J connectivity index is 0.00000300. The molecule has 0 radical (unpaired) electrons. The summed E-state index contributed by atoms with van der Waals surface area (Å²) in [5.74, 6) is 3.82. The molecular formula is C18H26IN9O. The highest BCUT2D eigenvalue weighted by Gasteiger charge is 2.07. The largest absolute Gasteiger partial charge is 0.497 e. The highest BCUT2D eigenvalue weighted by atomic mass is 127. The smallest absolute Gasteiger partial charge is 0.191 e. The van der Waals surface area contributed by atoms with Crippen molar-refractivity contribution in [2.45, 2.75) is 26.4 Å². The average Bonchev–Trinajstić information content (AvgIpc) is 3.40. The minimum Gasteiger partial charge on any atom is -0.497 e. The summed E-state index contributed by atoms with van der Waals surface area (Å²) < 4.78 is 7.19. The highest BCUT2D eigenvalue weighted by Crippen LogP contribution is 2.18. The van der Waals surface area contributed by atoms with Crippen LogP contribution in [0.1, 0.15) is 18.6 Å². The number of rotatable bonds is 8. The number of aliphatic imine (C=N–C) groups is 1. The van der Waals surface area contributed by atoms with Gasteiger partial charge in [0.15, 0.2) is 11.8 Å². The molecule has 0 aliphatic heterocycles. The highest BCUT2D eigenvalue weighted by molar-refractivity contribution is 14.0. The van der Waals surface area contributed by atoms with E-state index in [-0.39, 0.29) is 24.0 Å². The monoisotopic (exact) mass is 511 g/mol. The van der Waals surface area contributed by atoms with E-state index in [0.717, 1.165) is 35.9 Å². The van der Waals surface area contributed by atoms with E-state index in [1.807, 2.05) is 28.8 Å². The van der Waals surface area contributed by atoms with Crippen molar-refractivity contribution >= 4 is 29.9 Å². The number of halogens is 1. The zero-order valence-electron chi connectivity index (χ0n) is 16.7. The topological polar surface area (TPSA) is 118 Å². The number of ether oxygens (including phenoxy) is 1. The summed E-state index contributed by atoms with van der Waals surface area (Å²) >= 11 is 0. The van der Waals surface area contributed by atoms with Crippen LogP contribution in [0.3, 0.4) is 0 Å². The molecule has 3 aromatic rings. The van der Waals surface area contributed by atoms with Crippen LogP contribution in [0.2, 0.25) is 0 Å². The van der Waals surface area contributed by atoms with E-state index < -0.39 is 0 Å². The number of hydrogen-bond donors (Lipinski definition) is 3. The van der Waals surface area contributed by atoms with E-state index in [1.54, 1.807) is 20.5 Å². The van der Waals surface area contributed by atoms with Crippen LogP contribution in [0.25, 0.3) is 11.4 Å². The van der Waals surface area contributed by atoms with Crippen LogP contribution < -0.4 is 15.4 Å². The van der Waals surface area contributed by atoms with Crippen LogP contribution in [0.4, 0.5) is 0 Å². The van der Waals surface area contributed by atoms with Gasteiger partial charge in [-0.05, 0) is 24.3 Å². The van der Waals surface area contributed by atoms with Crippen LogP contribution in [-0.4, -0.2) is 56.6 Å². The molecule has 0 bridgehead atoms. The molecule has 0 saturated heterocycles. The Morgan fingerprint density at radius 2 is 2.03 bits per heavy atom. The molecule has 0 aliphatic carbocycles. The predicted octanol–water partition coefficient (Wildman–Crippen LogP) is 1.62. The molecule has 156 valence electrons. The van der Waals surface area contributed by atoms with Crippen molar-refractivity contribution in [3.63, 3.8) is 0 Å². The van der Waals surface area contributed by atoms with Crippen LogP contribution in [-0.2, 0) is 19.5 Å². The number of H-pyrrole nitrogens is 1. The fourth-order valence-electron chi connectivity index (χ4n) is 2.67. The summed E-state index contributed by atoms with van der Waals surface area (Å²) in [4.78, 5) is 8.74. The number of guanidine groups is 1. The van der Waals surface area contributed by atoms with Crippen LogP contribution >= 0.6 is 24.0 Å². The van der Waals surface area contributed by atoms with Gasteiger partial charge in [0.05, 0.1) is 13.7 Å². The van der Waals surface area contributed by atoms with Gasteiger partial charge in [0.2, 0.25) is 0 Å². The normalized spacial score (nSPS) is 11.1. The van der Waals surface area contributed by atoms with Crippen molar-refractivity contribution < 1.29 is 4.74 Å². The number of nitrogens with one attached hydrogen (secondary N) is 3. The van der Waals surface area contributed by atoms with Gasteiger partial charge >= 0.3 is 0 Å². The molecule has 0 atom stereocenters. The molecule has 2 aromatic heterocycles.